The molecule has 0 aliphatic heterocycles. The second-order valence-electron chi connectivity index (χ2n) is 21.3. The fourth-order valence-electron chi connectivity index (χ4n) is 9.68. The highest BCUT2D eigenvalue weighted by Gasteiger charge is 2.19. The van der Waals surface area contributed by atoms with E-state index < -0.39 is 6.10 Å². The summed E-state index contributed by atoms with van der Waals surface area (Å²) in [6.45, 7) is 6.72. The van der Waals surface area contributed by atoms with E-state index in [2.05, 4.69) is 20.8 Å². The van der Waals surface area contributed by atoms with Gasteiger partial charge in [0.2, 0.25) is 0 Å². The summed E-state index contributed by atoms with van der Waals surface area (Å²) in [7, 11) is 0. The Balaban J connectivity index is 4.27. The number of hydrogen-bond acceptors (Lipinski definition) is 6. The third-order valence-electron chi connectivity index (χ3n) is 14.4. The predicted octanol–water partition coefficient (Wildman–Crippen LogP) is 20.7. The summed E-state index contributed by atoms with van der Waals surface area (Å²) in [4.78, 5) is 38.2. The molecule has 6 nitrogen and oxygen atoms in total. The van der Waals surface area contributed by atoms with Crippen LogP contribution in [0, 0.1) is 0 Å². The Bertz CT molecular complexity index is 1010. The number of ether oxygens (including phenoxy) is 3. The Morgan fingerprint density at radius 3 is 0.588 bits per heavy atom. The molecule has 0 saturated carbocycles. The van der Waals surface area contributed by atoms with Crippen LogP contribution in [-0.2, 0) is 28.6 Å². The minimum Gasteiger partial charge on any atom is -0.462 e. The van der Waals surface area contributed by atoms with E-state index >= 15 is 0 Å². The van der Waals surface area contributed by atoms with Crippen LogP contribution in [-0.4, -0.2) is 37.2 Å². The molecular formula is C62H120O6. The quantitative estimate of drug-likeness (QED) is 0.0343. The summed E-state index contributed by atoms with van der Waals surface area (Å²) >= 11 is 0. The van der Waals surface area contributed by atoms with Crippen molar-refractivity contribution >= 4 is 17.9 Å². The Hall–Kier alpha value is -1.59. The minimum atomic E-state index is -0.761. The zero-order valence-corrected chi connectivity index (χ0v) is 46.4. The van der Waals surface area contributed by atoms with Crippen LogP contribution >= 0.6 is 0 Å². The smallest absolute Gasteiger partial charge is 0.306 e. The molecule has 0 saturated heterocycles. The summed E-state index contributed by atoms with van der Waals surface area (Å²) in [5, 5.41) is 0. The molecule has 68 heavy (non-hydrogen) atoms. The average molecular weight is 962 g/mol. The monoisotopic (exact) mass is 961 g/mol. The lowest BCUT2D eigenvalue weighted by Gasteiger charge is -2.18. The second kappa shape index (κ2) is 58.0. The Kier molecular flexibility index (Phi) is 56.6. The zero-order chi connectivity index (χ0) is 49.3. The van der Waals surface area contributed by atoms with Gasteiger partial charge in [-0.05, 0) is 19.3 Å². The van der Waals surface area contributed by atoms with E-state index in [0.29, 0.717) is 19.3 Å². The molecule has 0 aliphatic rings. The first-order valence-electron chi connectivity index (χ1n) is 31.0. The Morgan fingerprint density at radius 1 is 0.235 bits per heavy atom. The molecule has 0 heterocycles. The maximum absolute atomic E-state index is 12.9. The number of hydrogen-bond donors (Lipinski definition) is 0. The molecule has 1 atom stereocenters. The van der Waals surface area contributed by atoms with Gasteiger partial charge in [0.15, 0.2) is 6.10 Å². The first-order valence-corrected chi connectivity index (χ1v) is 31.0. The van der Waals surface area contributed by atoms with E-state index in [1.165, 1.54) is 263 Å². The summed E-state index contributed by atoms with van der Waals surface area (Å²) in [6, 6.07) is 0. The van der Waals surface area contributed by atoms with Crippen molar-refractivity contribution in [3.8, 4) is 0 Å². The van der Waals surface area contributed by atoms with Crippen LogP contribution in [0.5, 0.6) is 0 Å². The van der Waals surface area contributed by atoms with Gasteiger partial charge in [-0.3, -0.25) is 14.4 Å². The molecule has 0 bridgehead atoms. The van der Waals surface area contributed by atoms with Gasteiger partial charge < -0.3 is 14.2 Å². The molecule has 0 N–H and O–H groups in total. The predicted molar refractivity (Wildman–Crippen MR) is 294 cm³/mol. The van der Waals surface area contributed by atoms with Gasteiger partial charge in [-0.15, -0.1) is 0 Å². The van der Waals surface area contributed by atoms with Crippen molar-refractivity contribution in [2.45, 2.75) is 367 Å². The largest absolute Gasteiger partial charge is 0.462 e. The van der Waals surface area contributed by atoms with Crippen LogP contribution in [0.3, 0.4) is 0 Å². The van der Waals surface area contributed by atoms with Gasteiger partial charge in [-0.1, -0.05) is 323 Å². The summed E-state index contributed by atoms with van der Waals surface area (Å²) < 4.78 is 16.9. The third-order valence-corrected chi connectivity index (χ3v) is 14.4. The summed E-state index contributed by atoms with van der Waals surface area (Å²) in [5.41, 5.74) is 0. The van der Waals surface area contributed by atoms with Crippen molar-refractivity contribution in [3.63, 3.8) is 0 Å². The molecule has 0 aromatic rings. The van der Waals surface area contributed by atoms with Crippen LogP contribution in [0.1, 0.15) is 361 Å². The number of carbonyl (C=O) groups is 3. The van der Waals surface area contributed by atoms with Crippen LogP contribution in [0.2, 0.25) is 0 Å². The number of esters is 3. The van der Waals surface area contributed by atoms with Crippen LogP contribution in [0.4, 0.5) is 0 Å². The van der Waals surface area contributed by atoms with Crippen LogP contribution in [0.15, 0.2) is 0 Å². The molecule has 404 valence electrons. The van der Waals surface area contributed by atoms with Crippen molar-refractivity contribution in [1.82, 2.24) is 0 Å². The highest BCUT2D eigenvalue weighted by molar-refractivity contribution is 5.71. The first kappa shape index (κ1) is 66.4. The van der Waals surface area contributed by atoms with Gasteiger partial charge in [0, 0.05) is 19.3 Å². The molecule has 0 aromatic carbocycles. The topological polar surface area (TPSA) is 78.9 Å². The van der Waals surface area contributed by atoms with Crippen LogP contribution < -0.4 is 0 Å². The standard InChI is InChI=1S/C62H120O6/c1-4-7-10-13-16-19-22-25-28-30-31-33-34-37-40-43-46-49-52-55-61(64)67-58-59(57-66-60(63)54-51-48-45-42-39-36-27-24-21-18-15-12-9-6-3)68-62(65)56-53-50-47-44-41-38-35-32-29-26-23-20-17-14-11-8-5-2/h59H,4-58H2,1-3H3. The fraction of sp³-hybridized carbons (Fsp3) is 0.952. The molecule has 0 rings (SSSR count). The first-order chi connectivity index (χ1) is 33.5. The van der Waals surface area contributed by atoms with Crippen molar-refractivity contribution < 1.29 is 28.6 Å². The Labute approximate surface area is 425 Å². The van der Waals surface area contributed by atoms with Crippen molar-refractivity contribution in [3.05, 3.63) is 0 Å². The molecule has 6 heteroatoms. The Morgan fingerprint density at radius 2 is 0.397 bits per heavy atom. The maximum Gasteiger partial charge on any atom is 0.306 e. The zero-order valence-electron chi connectivity index (χ0n) is 46.4. The molecule has 0 aliphatic carbocycles. The van der Waals surface area contributed by atoms with E-state index in [1.54, 1.807) is 0 Å². The van der Waals surface area contributed by atoms with E-state index in [9.17, 15) is 14.4 Å². The van der Waals surface area contributed by atoms with Gasteiger partial charge in [0.05, 0.1) is 0 Å². The minimum absolute atomic E-state index is 0.0606. The fourth-order valence-corrected chi connectivity index (χ4v) is 9.68. The molecule has 0 radical (unpaired) electrons. The van der Waals surface area contributed by atoms with Gasteiger partial charge in [-0.25, -0.2) is 0 Å². The van der Waals surface area contributed by atoms with E-state index in [4.69, 9.17) is 14.2 Å². The van der Waals surface area contributed by atoms with Crippen molar-refractivity contribution in [2.24, 2.45) is 0 Å². The SMILES string of the molecule is CCCCCCCCCCCCCCCCCCCCCC(=O)OCC(COC(=O)CCCCCCCCCCCCCCCC)OC(=O)CCCCCCCCCCCCCCCCCCC. The van der Waals surface area contributed by atoms with Gasteiger partial charge in [0.25, 0.3) is 0 Å². The molecule has 1 unspecified atom stereocenters. The lowest BCUT2D eigenvalue weighted by atomic mass is 10.0. The van der Waals surface area contributed by atoms with Crippen molar-refractivity contribution in [2.75, 3.05) is 13.2 Å². The van der Waals surface area contributed by atoms with Gasteiger partial charge in [-0.2, -0.15) is 0 Å². The second-order valence-corrected chi connectivity index (χ2v) is 21.3. The number of unbranched alkanes of at least 4 members (excludes halogenated alkanes) is 47. The van der Waals surface area contributed by atoms with Crippen molar-refractivity contribution in [1.29, 1.82) is 0 Å². The summed E-state index contributed by atoms with van der Waals surface area (Å²) in [5.74, 6) is -0.827. The van der Waals surface area contributed by atoms with E-state index in [-0.39, 0.29) is 31.1 Å². The normalized spacial score (nSPS) is 11.9. The van der Waals surface area contributed by atoms with Gasteiger partial charge >= 0.3 is 17.9 Å². The molecule has 0 amide bonds. The third kappa shape index (κ3) is 55.3. The molecule has 0 fully saturated rings. The molecule has 0 spiro atoms. The highest BCUT2D eigenvalue weighted by atomic mass is 16.6. The van der Waals surface area contributed by atoms with Crippen LogP contribution in [0.25, 0.3) is 0 Å². The molecular weight excluding hydrogens is 841 g/mol. The van der Waals surface area contributed by atoms with Gasteiger partial charge in [0.1, 0.15) is 13.2 Å². The lowest BCUT2D eigenvalue weighted by Crippen LogP contribution is -2.30. The van der Waals surface area contributed by atoms with E-state index in [1.807, 2.05) is 0 Å². The summed E-state index contributed by atoms with van der Waals surface area (Å²) in [6.07, 6.45) is 65.3. The average Bonchev–Trinajstić information content (AvgIpc) is 3.34. The maximum atomic E-state index is 12.9. The number of carbonyl (C=O) groups excluding carboxylic acids is 3. The number of rotatable bonds is 58. The lowest BCUT2D eigenvalue weighted by molar-refractivity contribution is -0.167. The molecule has 0 aromatic heterocycles. The highest BCUT2D eigenvalue weighted by Crippen LogP contribution is 2.18. The van der Waals surface area contributed by atoms with E-state index in [0.717, 1.165) is 57.8 Å².